The monoisotopic (exact) mass is 207 g/mol. The summed E-state index contributed by atoms with van der Waals surface area (Å²) in [5, 5.41) is 3.18. The molecule has 3 nitrogen and oxygen atoms in total. The first kappa shape index (κ1) is 11.7. The van der Waals surface area contributed by atoms with E-state index >= 15 is 0 Å². The van der Waals surface area contributed by atoms with E-state index in [2.05, 4.69) is 19.2 Å². The number of hydrogen-bond donors (Lipinski definition) is 1. The van der Waals surface area contributed by atoms with Gasteiger partial charge in [-0.15, -0.1) is 0 Å². The predicted molar refractivity (Wildman–Crippen MR) is 59.9 cm³/mol. The summed E-state index contributed by atoms with van der Waals surface area (Å²) in [5.74, 6) is -0.263. The van der Waals surface area contributed by atoms with Crippen LogP contribution in [0.3, 0.4) is 0 Å². The summed E-state index contributed by atoms with van der Waals surface area (Å²) in [6.07, 6.45) is 0. The van der Waals surface area contributed by atoms with Gasteiger partial charge in [0, 0.05) is 12.6 Å². The molecule has 0 saturated heterocycles. The molecule has 1 N–H and O–H groups in total. The fraction of sp³-hybridized carbons (Fsp3) is 0.417. The summed E-state index contributed by atoms with van der Waals surface area (Å²) in [6.45, 7) is 5.21. The molecule has 0 unspecified atom stereocenters. The van der Waals surface area contributed by atoms with Crippen molar-refractivity contribution in [1.29, 1.82) is 0 Å². The van der Waals surface area contributed by atoms with E-state index in [0.717, 1.165) is 0 Å². The molecule has 0 aliphatic rings. The van der Waals surface area contributed by atoms with Crippen LogP contribution in [0.1, 0.15) is 24.2 Å². The Morgan fingerprint density at radius 1 is 1.33 bits per heavy atom. The van der Waals surface area contributed by atoms with Gasteiger partial charge >= 0.3 is 5.97 Å². The van der Waals surface area contributed by atoms with Crippen molar-refractivity contribution in [3.8, 4) is 0 Å². The van der Waals surface area contributed by atoms with Crippen molar-refractivity contribution in [2.24, 2.45) is 0 Å². The van der Waals surface area contributed by atoms with Gasteiger partial charge in [-0.25, -0.2) is 4.79 Å². The Morgan fingerprint density at radius 3 is 2.60 bits per heavy atom. The van der Waals surface area contributed by atoms with Crippen molar-refractivity contribution in [2.75, 3.05) is 13.2 Å². The summed E-state index contributed by atoms with van der Waals surface area (Å²) >= 11 is 0. The Balaban J connectivity index is 2.25. The maximum atomic E-state index is 11.4. The number of carbonyl (C=O) groups is 1. The molecule has 0 fully saturated rings. The second-order valence-electron chi connectivity index (χ2n) is 3.61. The molecule has 15 heavy (non-hydrogen) atoms. The van der Waals surface area contributed by atoms with Crippen molar-refractivity contribution in [2.45, 2.75) is 19.9 Å². The number of hydrogen-bond acceptors (Lipinski definition) is 3. The van der Waals surface area contributed by atoms with Gasteiger partial charge in [0.25, 0.3) is 0 Å². The van der Waals surface area contributed by atoms with Crippen LogP contribution in [-0.4, -0.2) is 25.2 Å². The topological polar surface area (TPSA) is 38.3 Å². The average Bonchev–Trinajstić information content (AvgIpc) is 2.25. The lowest BCUT2D eigenvalue weighted by Crippen LogP contribution is -2.27. The normalized spacial score (nSPS) is 10.3. The minimum Gasteiger partial charge on any atom is -0.461 e. The highest BCUT2D eigenvalue weighted by molar-refractivity contribution is 5.89. The van der Waals surface area contributed by atoms with Gasteiger partial charge in [-0.05, 0) is 12.1 Å². The molecule has 0 saturated carbocycles. The quantitative estimate of drug-likeness (QED) is 0.591. The van der Waals surface area contributed by atoms with Gasteiger partial charge in [0.2, 0.25) is 0 Å². The maximum absolute atomic E-state index is 11.4. The molecule has 0 aromatic heterocycles. The molecule has 82 valence electrons. The largest absolute Gasteiger partial charge is 0.461 e. The second-order valence-corrected chi connectivity index (χ2v) is 3.61. The molecule has 0 heterocycles. The van der Waals surface area contributed by atoms with Gasteiger partial charge in [-0.1, -0.05) is 32.0 Å². The van der Waals surface area contributed by atoms with E-state index in [9.17, 15) is 4.79 Å². The Hall–Kier alpha value is -1.35. The fourth-order valence-corrected chi connectivity index (χ4v) is 1.15. The van der Waals surface area contributed by atoms with Gasteiger partial charge in [0.1, 0.15) is 6.61 Å². The summed E-state index contributed by atoms with van der Waals surface area (Å²) in [7, 11) is 0. The molecular formula is C12H17NO2. The number of esters is 1. The van der Waals surface area contributed by atoms with Crippen LogP contribution in [0.4, 0.5) is 0 Å². The lowest BCUT2D eigenvalue weighted by molar-refractivity contribution is 0.0506. The molecule has 0 atom stereocenters. The van der Waals surface area contributed by atoms with E-state index < -0.39 is 0 Å². The highest BCUT2D eigenvalue weighted by Gasteiger charge is 2.04. The fourth-order valence-electron chi connectivity index (χ4n) is 1.15. The lowest BCUT2D eigenvalue weighted by Gasteiger charge is -2.08. The van der Waals surface area contributed by atoms with Crippen LogP contribution in [-0.2, 0) is 4.74 Å². The molecule has 0 spiro atoms. The molecule has 3 heteroatoms. The third-order valence-corrected chi connectivity index (χ3v) is 1.90. The molecule has 1 rings (SSSR count). The van der Waals surface area contributed by atoms with Gasteiger partial charge < -0.3 is 10.1 Å². The number of nitrogens with one attached hydrogen (secondary N) is 1. The van der Waals surface area contributed by atoms with Gasteiger partial charge in [-0.2, -0.15) is 0 Å². The van der Waals surface area contributed by atoms with Crippen LogP contribution in [0.5, 0.6) is 0 Å². The molecular weight excluding hydrogens is 190 g/mol. The lowest BCUT2D eigenvalue weighted by atomic mass is 10.2. The van der Waals surface area contributed by atoms with E-state index in [4.69, 9.17) is 4.74 Å². The van der Waals surface area contributed by atoms with Crippen LogP contribution >= 0.6 is 0 Å². The van der Waals surface area contributed by atoms with Crippen molar-refractivity contribution in [3.63, 3.8) is 0 Å². The van der Waals surface area contributed by atoms with E-state index in [-0.39, 0.29) is 5.97 Å². The van der Waals surface area contributed by atoms with Crippen molar-refractivity contribution in [1.82, 2.24) is 5.32 Å². The zero-order valence-electron chi connectivity index (χ0n) is 9.19. The first-order valence-electron chi connectivity index (χ1n) is 5.15. The first-order chi connectivity index (χ1) is 7.20. The van der Waals surface area contributed by atoms with Crippen LogP contribution in [0.15, 0.2) is 30.3 Å². The SMILES string of the molecule is CC(C)NCCOC(=O)c1ccccc1. The zero-order chi connectivity index (χ0) is 11.1. The summed E-state index contributed by atoms with van der Waals surface area (Å²) in [6, 6.07) is 9.43. The Bertz CT molecular complexity index is 296. The van der Waals surface area contributed by atoms with Gasteiger partial charge in [-0.3, -0.25) is 0 Å². The molecule has 1 aromatic carbocycles. The summed E-state index contributed by atoms with van der Waals surface area (Å²) in [4.78, 5) is 11.4. The van der Waals surface area contributed by atoms with Crippen molar-refractivity contribution < 1.29 is 9.53 Å². The Labute approximate surface area is 90.4 Å². The standard InChI is InChI=1S/C12H17NO2/c1-10(2)13-8-9-15-12(14)11-6-4-3-5-7-11/h3-7,10,13H,8-9H2,1-2H3. The molecule has 0 amide bonds. The highest BCUT2D eigenvalue weighted by Crippen LogP contribution is 2.00. The first-order valence-corrected chi connectivity index (χ1v) is 5.15. The van der Waals surface area contributed by atoms with E-state index in [1.807, 2.05) is 18.2 Å². The molecule has 0 radical (unpaired) electrons. The minimum atomic E-state index is -0.263. The average molecular weight is 207 g/mol. The number of rotatable bonds is 5. The molecule has 0 bridgehead atoms. The van der Waals surface area contributed by atoms with Gasteiger partial charge in [0.15, 0.2) is 0 Å². The zero-order valence-corrected chi connectivity index (χ0v) is 9.19. The third-order valence-electron chi connectivity index (χ3n) is 1.90. The van der Waals surface area contributed by atoms with Crippen LogP contribution in [0.25, 0.3) is 0 Å². The van der Waals surface area contributed by atoms with Crippen molar-refractivity contribution in [3.05, 3.63) is 35.9 Å². The Morgan fingerprint density at radius 2 is 2.00 bits per heavy atom. The molecule has 0 aliphatic heterocycles. The molecule has 0 aliphatic carbocycles. The summed E-state index contributed by atoms with van der Waals surface area (Å²) in [5.41, 5.74) is 0.599. The smallest absolute Gasteiger partial charge is 0.338 e. The van der Waals surface area contributed by atoms with E-state index in [1.165, 1.54) is 0 Å². The highest BCUT2D eigenvalue weighted by atomic mass is 16.5. The van der Waals surface area contributed by atoms with Crippen LogP contribution in [0.2, 0.25) is 0 Å². The third kappa shape index (κ3) is 4.61. The maximum Gasteiger partial charge on any atom is 0.338 e. The van der Waals surface area contributed by atoms with Crippen LogP contribution in [0, 0.1) is 0 Å². The van der Waals surface area contributed by atoms with Gasteiger partial charge in [0.05, 0.1) is 5.56 Å². The number of benzene rings is 1. The Kier molecular flexibility index (Phi) is 4.84. The van der Waals surface area contributed by atoms with E-state index in [1.54, 1.807) is 12.1 Å². The number of carbonyl (C=O) groups excluding carboxylic acids is 1. The van der Waals surface area contributed by atoms with E-state index in [0.29, 0.717) is 24.8 Å². The predicted octanol–water partition coefficient (Wildman–Crippen LogP) is 1.84. The minimum absolute atomic E-state index is 0.263. The molecule has 1 aromatic rings. The second kappa shape index (κ2) is 6.19. The number of ether oxygens (including phenoxy) is 1. The van der Waals surface area contributed by atoms with Crippen molar-refractivity contribution >= 4 is 5.97 Å². The summed E-state index contributed by atoms with van der Waals surface area (Å²) < 4.78 is 5.08. The van der Waals surface area contributed by atoms with Crippen LogP contribution < -0.4 is 5.32 Å².